The Bertz CT molecular complexity index is 582. The number of pyridine rings is 1. The first-order valence-electron chi connectivity index (χ1n) is 6.99. The average molecular weight is 283 g/mol. The molecule has 0 bridgehead atoms. The number of hydrogen-bond acceptors (Lipinski definition) is 5. The van der Waals surface area contributed by atoms with Crippen LogP contribution in [0.4, 0.5) is 11.6 Å². The number of nitrogens with zero attached hydrogens (tertiary/aromatic N) is 4. The van der Waals surface area contributed by atoms with Gasteiger partial charge in [0.1, 0.15) is 17.5 Å². The molecule has 0 saturated heterocycles. The molecule has 21 heavy (non-hydrogen) atoms. The summed E-state index contributed by atoms with van der Waals surface area (Å²) < 4.78 is 0. The minimum atomic E-state index is 0.691. The van der Waals surface area contributed by atoms with Crippen molar-refractivity contribution in [2.45, 2.75) is 13.3 Å². The molecule has 0 aliphatic carbocycles. The summed E-state index contributed by atoms with van der Waals surface area (Å²) in [6.45, 7) is 7.18. The number of nitrogens with one attached hydrogen (secondary N) is 1. The molecule has 2 aromatic heterocycles. The Morgan fingerprint density at radius 1 is 1.29 bits per heavy atom. The van der Waals surface area contributed by atoms with Crippen LogP contribution in [0.5, 0.6) is 0 Å². The zero-order chi connectivity index (χ0) is 15.1. The summed E-state index contributed by atoms with van der Waals surface area (Å²) in [5.74, 6) is 2.51. The number of hydrogen-bond donors (Lipinski definition) is 1. The molecule has 0 atom stereocenters. The van der Waals surface area contributed by atoms with Crippen LogP contribution in [0.2, 0.25) is 0 Å². The molecule has 0 aliphatic heterocycles. The summed E-state index contributed by atoms with van der Waals surface area (Å²) in [7, 11) is 2.04. The second-order valence-electron chi connectivity index (χ2n) is 4.86. The normalized spacial score (nSPS) is 10.2. The van der Waals surface area contributed by atoms with Crippen LogP contribution >= 0.6 is 0 Å². The van der Waals surface area contributed by atoms with E-state index in [1.54, 1.807) is 0 Å². The van der Waals surface area contributed by atoms with Crippen LogP contribution in [0.15, 0.2) is 43.2 Å². The second-order valence-corrected chi connectivity index (χ2v) is 4.86. The van der Waals surface area contributed by atoms with Crippen molar-refractivity contribution in [2.24, 2.45) is 0 Å². The lowest BCUT2D eigenvalue weighted by molar-refractivity contribution is 0.847. The maximum Gasteiger partial charge on any atom is 0.134 e. The summed E-state index contributed by atoms with van der Waals surface area (Å²) >= 11 is 0. The third-order valence-electron chi connectivity index (χ3n) is 3.13. The van der Waals surface area contributed by atoms with E-state index < -0.39 is 0 Å². The molecule has 0 amide bonds. The Kier molecular flexibility index (Phi) is 5.26. The first-order chi connectivity index (χ1) is 10.2. The van der Waals surface area contributed by atoms with Gasteiger partial charge in [-0.25, -0.2) is 9.97 Å². The number of anilines is 2. The van der Waals surface area contributed by atoms with Crippen molar-refractivity contribution in [2.75, 3.05) is 30.4 Å². The summed E-state index contributed by atoms with van der Waals surface area (Å²) in [4.78, 5) is 15.0. The molecular formula is C16H21N5. The molecule has 110 valence electrons. The second kappa shape index (κ2) is 7.38. The van der Waals surface area contributed by atoms with Gasteiger partial charge in [0, 0.05) is 38.6 Å². The molecule has 0 aliphatic rings. The fourth-order valence-corrected chi connectivity index (χ4v) is 1.98. The van der Waals surface area contributed by atoms with E-state index in [9.17, 15) is 0 Å². The lowest BCUT2D eigenvalue weighted by Gasteiger charge is -2.19. The highest BCUT2D eigenvalue weighted by molar-refractivity contribution is 5.49. The molecule has 0 fully saturated rings. The molecular weight excluding hydrogens is 262 g/mol. The van der Waals surface area contributed by atoms with Gasteiger partial charge in [-0.15, -0.1) is 6.58 Å². The standard InChI is InChI=1S/C16H21N5/c1-4-8-18-15-12-16(20-13(2)19-15)21(3)11-7-14-5-9-17-10-6-14/h4-6,9-10,12H,1,7-8,11H2,2-3H3,(H,18,19,20). The topological polar surface area (TPSA) is 53.9 Å². The van der Waals surface area contributed by atoms with Crippen molar-refractivity contribution in [1.82, 2.24) is 15.0 Å². The highest BCUT2D eigenvalue weighted by Gasteiger charge is 2.06. The molecule has 2 heterocycles. The van der Waals surface area contributed by atoms with E-state index in [0.29, 0.717) is 6.54 Å². The maximum atomic E-state index is 4.49. The third-order valence-corrected chi connectivity index (χ3v) is 3.13. The minimum Gasteiger partial charge on any atom is -0.366 e. The lowest BCUT2D eigenvalue weighted by atomic mass is 10.2. The summed E-state index contributed by atoms with van der Waals surface area (Å²) in [6.07, 6.45) is 6.41. The predicted molar refractivity (Wildman–Crippen MR) is 86.7 cm³/mol. The van der Waals surface area contributed by atoms with Crippen molar-refractivity contribution in [3.63, 3.8) is 0 Å². The molecule has 0 radical (unpaired) electrons. The molecule has 0 unspecified atom stereocenters. The fraction of sp³-hybridized carbons (Fsp3) is 0.312. The SMILES string of the molecule is C=CCNc1cc(N(C)CCc2ccncc2)nc(C)n1. The number of likely N-dealkylation sites (N-methyl/N-ethyl adjacent to an activating group) is 1. The quantitative estimate of drug-likeness (QED) is 0.791. The van der Waals surface area contributed by atoms with Crippen LogP contribution < -0.4 is 10.2 Å². The number of rotatable bonds is 7. The van der Waals surface area contributed by atoms with Crippen LogP contribution in [0, 0.1) is 6.92 Å². The molecule has 5 nitrogen and oxygen atoms in total. The first kappa shape index (κ1) is 15.0. The van der Waals surface area contributed by atoms with Crippen molar-refractivity contribution in [3.8, 4) is 0 Å². The molecule has 2 aromatic rings. The van der Waals surface area contributed by atoms with Crippen molar-refractivity contribution < 1.29 is 0 Å². The monoisotopic (exact) mass is 283 g/mol. The molecule has 0 aromatic carbocycles. The van der Waals surface area contributed by atoms with Gasteiger partial charge in [-0.05, 0) is 31.0 Å². The maximum absolute atomic E-state index is 4.49. The Balaban J connectivity index is 2.02. The number of aryl methyl sites for hydroxylation is 1. The van der Waals surface area contributed by atoms with E-state index in [0.717, 1.165) is 30.4 Å². The van der Waals surface area contributed by atoms with Gasteiger partial charge in [0.05, 0.1) is 0 Å². The third kappa shape index (κ3) is 4.56. The molecule has 0 saturated carbocycles. The van der Waals surface area contributed by atoms with Gasteiger partial charge in [-0.2, -0.15) is 0 Å². The van der Waals surface area contributed by atoms with Gasteiger partial charge < -0.3 is 10.2 Å². The van der Waals surface area contributed by atoms with E-state index in [4.69, 9.17) is 0 Å². The predicted octanol–water partition coefficient (Wildman–Crippen LogP) is 2.46. The van der Waals surface area contributed by atoms with E-state index in [-0.39, 0.29) is 0 Å². The molecule has 2 rings (SSSR count). The highest BCUT2D eigenvalue weighted by atomic mass is 15.2. The van der Waals surface area contributed by atoms with Crippen molar-refractivity contribution in [1.29, 1.82) is 0 Å². The van der Waals surface area contributed by atoms with Gasteiger partial charge in [-0.1, -0.05) is 6.08 Å². The fourth-order valence-electron chi connectivity index (χ4n) is 1.98. The van der Waals surface area contributed by atoms with Crippen LogP contribution in [0.1, 0.15) is 11.4 Å². The van der Waals surface area contributed by atoms with Gasteiger partial charge in [-0.3, -0.25) is 4.98 Å². The van der Waals surface area contributed by atoms with Crippen LogP contribution in [0.3, 0.4) is 0 Å². The molecule has 1 N–H and O–H groups in total. The summed E-state index contributed by atoms with van der Waals surface area (Å²) in [5, 5.41) is 3.20. The zero-order valence-corrected chi connectivity index (χ0v) is 12.6. The molecule has 0 spiro atoms. The Morgan fingerprint density at radius 2 is 2.05 bits per heavy atom. The summed E-state index contributed by atoms with van der Waals surface area (Å²) in [5.41, 5.74) is 1.27. The average Bonchev–Trinajstić information content (AvgIpc) is 2.51. The van der Waals surface area contributed by atoms with E-state index in [2.05, 4.69) is 31.7 Å². The van der Waals surface area contributed by atoms with E-state index in [1.807, 2.05) is 50.6 Å². The first-order valence-corrected chi connectivity index (χ1v) is 6.99. The summed E-state index contributed by atoms with van der Waals surface area (Å²) in [6, 6.07) is 6.04. The van der Waals surface area contributed by atoms with Gasteiger partial charge in [0.2, 0.25) is 0 Å². The van der Waals surface area contributed by atoms with E-state index >= 15 is 0 Å². The van der Waals surface area contributed by atoms with Crippen LogP contribution in [-0.4, -0.2) is 35.1 Å². The molecule has 5 heteroatoms. The van der Waals surface area contributed by atoms with Crippen molar-refractivity contribution >= 4 is 11.6 Å². The van der Waals surface area contributed by atoms with Crippen LogP contribution in [0.25, 0.3) is 0 Å². The number of aromatic nitrogens is 3. The minimum absolute atomic E-state index is 0.691. The smallest absolute Gasteiger partial charge is 0.134 e. The Hall–Kier alpha value is -2.43. The van der Waals surface area contributed by atoms with Gasteiger partial charge in [0.15, 0.2) is 0 Å². The van der Waals surface area contributed by atoms with Crippen molar-refractivity contribution in [3.05, 3.63) is 54.6 Å². The van der Waals surface area contributed by atoms with Crippen LogP contribution in [-0.2, 0) is 6.42 Å². The Morgan fingerprint density at radius 3 is 2.76 bits per heavy atom. The Labute approximate surface area is 125 Å². The zero-order valence-electron chi connectivity index (χ0n) is 12.6. The van der Waals surface area contributed by atoms with Gasteiger partial charge in [0.25, 0.3) is 0 Å². The lowest BCUT2D eigenvalue weighted by Crippen LogP contribution is -2.22. The largest absolute Gasteiger partial charge is 0.366 e. The van der Waals surface area contributed by atoms with E-state index in [1.165, 1.54) is 5.56 Å². The highest BCUT2D eigenvalue weighted by Crippen LogP contribution is 2.15. The van der Waals surface area contributed by atoms with Gasteiger partial charge >= 0.3 is 0 Å².